The number of amides is 1. The summed E-state index contributed by atoms with van der Waals surface area (Å²) in [6.07, 6.45) is 1.26. The molecule has 27 heavy (non-hydrogen) atoms. The molecule has 0 heterocycles. The Morgan fingerprint density at radius 1 is 1.22 bits per heavy atom. The third kappa shape index (κ3) is 5.33. The zero-order valence-electron chi connectivity index (χ0n) is 13.8. The van der Waals surface area contributed by atoms with Crippen LogP contribution in [0.15, 0.2) is 42.0 Å². The molecule has 0 radical (unpaired) electrons. The third-order valence-electron chi connectivity index (χ3n) is 3.28. The molecule has 1 N–H and O–H groups in total. The van der Waals surface area contributed by atoms with E-state index in [4.69, 9.17) is 27.9 Å². The molecule has 0 aliphatic heterocycles. The van der Waals surface area contributed by atoms with Crippen molar-refractivity contribution in [2.24, 2.45) is 0 Å². The number of methoxy groups -OCH3 is 1. The lowest BCUT2D eigenvalue weighted by Gasteiger charge is -2.11. The minimum atomic E-state index is -3.01. The molecule has 2 aromatic rings. The van der Waals surface area contributed by atoms with Crippen molar-refractivity contribution in [3.05, 3.63) is 57.6 Å². The normalized spacial score (nSPS) is 11.1. The van der Waals surface area contributed by atoms with Gasteiger partial charge >= 0.3 is 6.61 Å². The average Bonchev–Trinajstić information content (AvgIpc) is 2.63. The van der Waals surface area contributed by atoms with E-state index in [0.717, 1.165) is 0 Å². The molecule has 0 saturated heterocycles. The smallest absolute Gasteiger partial charge is 0.387 e. The Kier molecular flexibility index (Phi) is 6.99. The summed E-state index contributed by atoms with van der Waals surface area (Å²) in [7, 11) is 1.28. The predicted molar refractivity (Wildman–Crippen MR) is 98.3 cm³/mol. The summed E-state index contributed by atoms with van der Waals surface area (Å²) < 4.78 is 34.1. The number of benzene rings is 2. The van der Waals surface area contributed by atoms with Crippen LogP contribution < -0.4 is 14.8 Å². The van der Waals surface area contributed by atoms with Crippen LogP contribution in [-0.2, 0) is 4.79 Å². The molecule has 1 amide bonds. The van der Waals surface area contributed by atoms with Gasteiger partial charge in [0.05, 0.1) is 22.8 Å². The molecule has 140 valence electrons. The predicted octanol–water partition coefficient (Wildman–Crippen LogP) is 5.15. The van der Waals surface area contributed by atoms with Gasteiger partial charge in [0.25, 0.3) is 5.91 Å². The number of hydrogen-bond acceptors (Lipinski definition) is 4. The first-order chi connectivity index (χ1) is 12.8. The number of nitriles is 1. The highest BCUT2D eigenvalue weighted by Crippen LogP contribution is 2.31. The lowest BCUT2D eigenvalue weighted by atomic mass is 10.1. The van der Waals surface area contributed by atoms with Crippen molar-refractivity contribution in [1.29, 1.82) is 5.26 Å². The van der Waals surface area contributed by atoms with Crippen LogP contribution in [0.3, 0.4) is 0 Å². The number of carbonyl (C=O) groups is 1. The summed E-state index contributed by atoms with van der Waals surface area (Å²) in [5.41, 5.74) is 0.284. The van der Waals surface area contributed by atoms with E-state index in [1.54, 1.807) is 12.1 Å². The van der Waals surface area contributed by atoms with E-state index in [-0.39, 0.29) is 32.8 Å². The van der Waals surface area contributed by atoms with Crippen LogP contribution in [0.2, 0.25) is 10.0 Å². The summed E-state index contributed by atoms with van der Waals surface area (Å²) in [6, 6.07) is 10.4. The van der Waals surface area contributed by atoms with Gasteiger partial charge < -0.3 is 14.8 Å². The molecular formula is C18H12Cl2F2N2O3. The topological polar surface area (TPSA) is 71.3 Å². The van der Waals surface area contributed by atoms with Gasteiger partial charge in [0, 0.05) is 0 Å². The fourth-order valence-electron chi connectivity index (χ4n) is 2.08. The maximum absolute atomic E-state index is 12.4. The number of nitrogens with zero attached hydrogens (tertiary/aromatic N) is 1. The standard InChI is InChI=1S/C18H12Cl2F2N2O3/c1-26-15-8-10(5-6-14(15)27-18(21)22)7-11(9-23)17(25)24-16-12(19)3-2-4-13(16)20/h2-8,18H,1H3,(H,24,25)/b11-7+. The fourth-order valence-corrected chi connectivity index (χ4v) is 2.57. The molecule has 0 aliphatic carbocycles. The molecule has 0 atom stereocenters. The second-order valence-corrected chi connectivity index (χ2v) is 5.82. The Hall–Kier alpha value is -2.82. The number of carbonyl (C=O) groups excluding carboxylic acids is 1. The number of hydrogen-bond donors (Lipinski definition) is 1. The van der Waals surface area contributed by atoms with Crippen LogP contribution in [0.25, 0.3) is 6.08 Å². The van der Waals surface area contributed by atoms with Crippen molar-refractivity contribution < 1.29 is 23.0 Å². The molecule has 0 aliphatic rings. The Bertz CT molecular complexity index is 907. The number of rotatable bonds is 6. The van der Waals surface area contributed by atoms with Crippen molar-refractivity contribution in [3.63, 3.8) is 0 Å². The highest BCUT2D eigenvalue weighted by Gasteiger charge is 2.15. The first-order valence-corrected chi connectivity index (χ1v) is 8.11. The summed E-state index contributed by atoms with van der Waals surface area (Å²) in [5, 5.41) is 12.2. The molecule has 0 spiro atoms. The number of nitrogens with one attached hydrogen (secondary N) is 1. The highest BCUT2D eigenvalue weighted by atomic mass is 35.5. The second-order valence-electron chi connectivity index (χ2n) is 5.01. The van der Waals surface area contributed by atoms with Gasteiger partial charge in [-0.25, -0.2) is 0 Å². The maximum atomic E-state index is 12.4. The Morgan fingerprint density at radius 3 is 2.44 bits per heavy atom. The fraction of sp³-hybridized carbons (Fsp3) is 0.111. The van der Waals surface area contributed by atoms with E-state index < -0.39 is 12.5 Å². The third-order valence-corrected chi connectivity index (χ3v) is 3.91. The second kappa shape index (κ2) is 9.21. The number of ether oxygens (including phenoxy) is 2. The largest absolute Gasteiger partial charge is 0.493 e. The molecule has 2 aromatic carbocycles. The van der Waals surface area contributed by atoms with Gasteiger partial charge in [0.15, 0.2) is 11.5 Å². The lowest BCUT2D eigenvalue weighted by molar-refractivity contribution is -0.112. The first kappa shape index (κ1) is 20.5. The van der Waals surface area contributed by atoms with Gasteiger partial charge in [0.2, 0.25) is 0 Å². The maximum Gasteiger partial charge on any atom is 0.387 e. The monoisotopic (exact) mass is 412 g/mol. The van der Waals surface area contributed by atoms with E-state index in [2.05, 4.69) is 10.1 Å². The van der Waals surface area contributed by atoms with Gasteiger partial charge in [-0.1, -0.05) is 35.3 Å². The van der Waals surface area contributed by atoms with Gasteiger partial charge in [-0.05, 0) is 35.9 Å². The summed E-state index contributed by atoms with van der Waals surface area (Å²) in [4.78, 5) is 12.3. The molecule has 0 fully saturated rings. The number of alkyl halides is 2. The SMILES string of the molecule is COc1cc(/C=C(\C#N)C(=O)Nc2c(Cl)cccc2Cl)ccc1OC(F)F. The molecule has 5 nitrogen and oxygen atoms in total. The zero-order chi connectivity index (χ0) is 20.0. The summed E-state index contributed by atoms with van der Waals surface area (Å²) >= 11 is 12.0. The van der Waals surface area contributed by atoms with Crippen LogP contribution in [0.5, 0.6) is 11.5 Å². The zero-order valence-corrected chi connectivity index (χ0v) is 15.3. The van der Waals surface area contributed by atoms with Gasteiger partial charge in [-0.15, -0.1) is 0 Å². The number of para-hydroxylation sites is 1. The molecule has 0 bridgehead atoms. The molecule has 0 aromatic heterocycles. The van der Waals surface area contributed by atoms with Crippen LogP contribution in [0, 0.1) is 11.3 Å². The molecular weight excluding hydrogens is 401 g/mol. The highest BCUT2D eigenvalue weighted by molar-refractivity contribution is 6.40. The van der Waals surface area contributed by atoms with E-state index in [1.807, 2.05) is 0 Å². The van der Waals surface area contributed by atoms with E-state index in [9.17, 15) is 18.8 Å². The van der Waals surface area contributed by atoms with Crippen molar-refractivity contribution >= 4 is 40.9 Å². The summed E-state index contributed by atoms with van der Waals surface area (Å²) in [6.45, 7) is -3.01. The van der Waals surface area contributed by atoms with Crippen LogP contribution in [0.1, 0.15) is 5.56 Å². The minimum absolute atomic E-state index is 0.0240. The van der Waals surface area contributed by atoms with Crippen molar-refractivity contribution in [3.8, 4) is 17.6 Å². The number of anilines is 1. The Labute approximate surface area is 163 Å². The van der Waals surface area contributed by atoms with E-state index in [1.165, 1.54) is 43.5 Å². The van der Waals surface area contributed by atoms with E-state index in [0.29, 0.717) is 5.56 Å². The average molecular weight is 413 g/mol. The van der Waals surface area contributed by atoms with Gasteiger partial charge in [-0.3, -0.25) is 4.79 Å². The molecule has 9 heteroatoms. The van der Waals surface area contributed by atoms with Gasteiger partial charge in [-0.2, -0.15) is 14.0 Å². The van der Waals surface area contributed by atoms with Crippen molar-refractivity contribution in [2.75, 3.05) is 12.4 Å². The summed E-state index contributed by atoms with van der Waals surface area (Å²) in [5.74, 6) is -0.884. The molecule has 2 rings (SSSR count). The van der Waals surface area contributed by atoms with Crippen LogP contribution in [0.4, 0.5) is 14.5 Å². The molecule has 0 saturated carbocycles. The van der Waals surface area contributed by atoms with Gasteiger partial charge in [0.1, 0.15) is 11.6 Å². The lowest BCUT2D eigenvalue weighted by Crippen LogP contribution is -2.14. The van der Waals surface area contributed by atoms with Crippen LogP contribution >= 0.6 is 23.2 Å². The Balaban J connectivity index is 2.30. The molecule has 0 unspecified atom stereocenters. The Morgan fingerprint density at radius 2 is 1.89 bits per heavy atom. The van der Waals surface area contributed by atoms with E-state index >= 15 is 0 Å². The van der Waals surface area contributed by atoms with Crippen molar-refractivity contribution in [2.45, 2.75) is 6.61 Å². The van der Waals surface area contributed by atoms with Crippen molar-refractivity contribution in [1.82, 2.24) is 0 Å². The first-order valence-electron chi connectivity index (χ1n) is 7.35. The minimum Gasteiger partial charge on any atom is -0.493 e. The quantitative estimate of drug-likeness (QED) is 0.525. The van der Waals surface area contributed by atoms with Crippen LogP contribution in [-0.4, -0.2) is 19.6 Å². The number of halogens is 4.